The van der Waals surface area contributed by atoms with E-state index in [2.05, 4.69) is 4.99 Å². The molecule has 0 bridgehead atoms. The molecule has 0 aromatic carbocycles. The third kappa shape index (κ3) is 1.74. The highest BCUT2D eigenvalue weighted by atomic mass is 16.4. The zero-order valence-electron chi connectivity index (χ0n) is 8.28. The number of rotatable bonds is 1. The molecule has 0 amide bonds. The van der Waals surface area contributed by atoms with Gasteiger partial charge in [0.15, 0.2) is 0 Å². The first-order valence-corrected chi connectivity index (χ1v) is 5.32. The Bertz CT molecular complexity index is 263. The minimum atomic E-state index is -0.698. The average molecular weight is 196 g/mol. The molecule has 2 aliphatic heterocycles. The Balaban J connectivity index is 2.08. The number of hydrogen-bond donors (Lipinski definition) is 1. The van der Waals surface area contributed by atoms with E-state index >= 15 is 0 Å². The van der Waals surface area contributed by atoms with Crippen molar-refractivity contribution in [1.29, 1.82) is 0 Å². The number of carbonyl (C=O) groups is 1. The van der Waals surface area contributed by atoms with Crippen molar-refractivity contribution in [1.82, 2.24) is 4.90 Å². The molecule has 0 saturated carbocycles. The lowest BCUT2D eigenvalue weighted by atomic mass is 10.1. The van der Waals surface area contributed by atoms with Gasteiger partial charge in [-0.05, 0) is 25.7 Å². The van der Waals surface area contributed by atoms with Crippen LogP contribution in [0.2, 0.25) is 0 Å². The number of aliphatic carboxylic acids is 1. The first kappa shape index (κ1) is 9.49. The van der Waals surface area contributed by atoms with Gasteiger partial charge in [0.05, 0.1) is 5.84 Å². The number of hydrogen-bond acceptors (Lipinski definition) is 3. The molecule has 1 fully saturated rings. The quantitative estimate of drug-likeness (QED) is 0.683. The molecule has 0 aromatic heterocycles. The Kier molecular flexibility index (Phi) is 2.70. The zero-order valence-corrected chi connectivity index (χ0v) is 8.28. The minimum Gasteiger partial charge on any atom is -0.480 e. The van der Waals surface area contributed by atoms with Gasteiger partial charge in [-0.3, -0.25) is 4.99 Å². The molecule has 2 heterocycles. The number of nitrogens with zero attached hydrogens (tertiary/aromatic N) is 2. The van der Waals surface area contributed by atoms with E-state index in [1.807, 2.05) is 4.90 Å². The van der Waals surface area contributed by atoms with Crippen LogP contribution in [0.1, 0.15) is 32.1 Å². The summed E-state index contributed by atoms with van der Waals surface area (Å²) in [5.41, 5.74) is 0. The van der Waals surface area contributed by atoms with Crippen LogP contribution < -0.4 is 0 Å². The number of carboxylic acids is 1. The van der Waals surface area contributed by atoms with Crippen molar-refractivity contribution in [3.8, 4) is 0 Å². The van der Waals surface area contributed by atoms with E-state index in [9.17, 15) is 4.79 Å². The van der Waals surface area contributed by atoms with Crippen LogP contribution in [-0.2, 0) is 4.79 Å². The SMILES string of the molecule is O=C(O)[C@@H]1CCCN1C1=NCCCC1. The molecule has 0 aliphatic carbocycles. The third-order valence-electron chi connectivity index (χ3n) is 2.97. The van der Waals surface area contributed by atoms with Gasteiger partial charge in [-0.25, -0.2) is 4.79 Å². The normalized spacial score (nSPS) is 27.6. The highest BCUT2D eigenvalue weighted by Gasteiger charge is 2.32. The number of likely N-dealkylation sites (tertiary alicyclic amines) is 1. The number of carboxylic acid groups (broad SMARTS) is 1. The largest absolute Gasteiger partial charge is 0.480 e. The van der Waals surface area contributed by atoms with Gasteiger partial charge in [-0.2, -0.15) is 0 Å². The van der Waals surface area contributed by atoms with Crippen LogP contribution in [0.15, 0.2) is 4.99 Å². The molecule has 2 aliphatic rings. The molecule has 2 rings (SSSR count). The van der Waals surface area contributed by atoms with Crippen LogP contribution in [0, 0.1) is 0 Å². The fourth-order valence-electron chi connectivity index (χ4n) is 2.25. The molecule has 1 saturated heterocycles. The summed E-state index contributed by atoms with van der Waals surface area (Å²) in [4.78, 5) is 17.4. The lowest BCUT2D eigenvalue weighted by Gasteiger charge is -2.27. The Morgan fingerprint density at radius 2 is 2.29 bits per heavy atom. The van der Waals surface area contributed by atoms with E-state index in [4.69, 9.17) is 5.11 Å². The van der Waals surface area contributed by atoms with Gasteiger partial charge in [-0.15, -0.1) is 0 Å². The standard InChI is InChI=1S/C10H16N2O2/c13-10(14)8-4-3-7-12(8)9-5-1-2-6-11-9/h8H,1-7H2,(H,13,14)/t8-/m0/s1. The predicted octanol–water partition coefficient (Wildman–Crippen LogP) is 1.12. The summed E-state index contributed by atoms with van der Waals surface area (Å²) in [7, 11) is 0. The van der Waals surface area contributed by atoms with Crippen molar-refractivity contribution < 1.29 is 9.90 Å². The second-order valence-corrected chi connectivity index (χ2v) is 3.94. The van der Waals surface area contributed by atoms with Crippen LogP contribution in [0.25, 0.3) is 0 Å². The van der Waals surface area contributed by atoms with Crippen molar-refractivity contribution >= 4 is 11.8 Å². The second kappa shape index (κ2) is 3.98. The molecule has 0 spiro atoms. The van der Waals surface area contributed by atoms with Crippen LogP contribution in [0.4, 0.5) is 0 Å². The van der Waals surface area contributed by atoms with E-state index < -0.39 is 5.97 Å². The van der Waals surface area contributed by atoms with Gasteiger partial charge in [-0.1, -0.05) is 0 Å². The predicted molar refractivity (Wildman–Crippen MR) is 53.5 cm³/mol. The van der Waals surface area contributed by atoms with Crippen LogP contribution >= 0.6 is 0 Å². The lowest BCUT2D eigenvalue weighted by molar-refractivity contribution is -0.140. The molecule has 0 unspecified atom stereocenters. The first-order chi connectivity index (χ1) is 6.79. The smallest absolute Gasteiger partial charge is 0.326 e. The monoisotopic (exact) mass is 196 g/mol. The van der Waals surface area contributed by atoms with E-state index in [1.165, 1.54) is 0 Å². The van der Waals surface area contributed by atoms with Gasteiger partial charge < -0.3 is 10.0 Å². The van der Waals surface area contributed by atoms with Gasteiger partial charge >= 0.3 is 5.97 Å². The minimum absolute atomic E-state index is 0.313. The van der Waals surface area contributed by atoms with Gasteiger partial charge in [0, 0.05) is 19.5 Å². The van der Waals surface area contributed by atoms with Crippen LogP contribution in [-0.4, -0.2) is 40.9 Å². The molecule has 4 heteroatoms. The molecule has 4 nitrogen and oxygen atoms in total. The van der Waals surface area contributed by atoms with E-state index in [0.29, 0.717) is 0 Å². The number of amidine groups is 1. The van der Waals surface area contributed by atoms with Crippen LogP contribution in [0.3, 0.4) is 0 Å². The fraction of sp³-hybridized carbons (Fsp3) is 0.800. The van der Waals surface area contributed by atoms with E-state index in [0.717, 1.165) is 51.0 Å². The summed E-state index contributed by atoms with van der Waals surface area (Å²) in [6, 6.07) is -0.313. The maximum atomic E-state index is 11.0. The lowest BCUT2D eigenvalue weighted by Crippen LogP contribution is -2.41. The molecule has 1 atom stereocenters. The van der Waals surface area contributed by atoms with Gasteiger partial charge in [0.2, 0.25) is 0 Å². The summed E-state index contributed by atoms with van der Waals surface area (Å²) in [6.07, 6.45) is 5.02. The fourth-order valence-corrected chi connectivity index (χ4v) is 2.25. The molecular formula is C10H16N2O2. The van der Waals surface area contributed by atoms with Crippen molar-refractivity contribution in [3.63, 3.8) is 0 Å². The second-order valence-electron chi connectivity index (χ2n) is 3.94. The number of aliphatic imine (C=N–C) groups is 1. The highest BCUT2D eigenvalue weighted by Crippen LogP contribution is 2.21. The summed E-state index contributed by atoms with van der Waals surface area (Å²) < 4.78 is 0. The molecule has 1 N–H and O–H groups in total. The maximum Gasteiger partial charge on any atom is 0.326 e. The zero-order chi connectivity index (χ0) is 9.97. The summed E-state index contributed by atoms with van der Waals surface area (Å²) in [5, 5.41) is 9.02. The Hall–Kier alpha value is -1.06. The molecule has 78 valence electrons. The van der Waals surface area contributed by atoms with Gasteiger partial charge in [0.25, 0.3) is 0 Å². The Labute approximate surface area is 83.6 Å². The summed E-state index contributed by atoms with van der Waals surface area (Å²) >= 11 is 0. The van der Waals surface area contributed by atoms with Crippen molar-refractivity contribution in [2.75, 3.05) is 13.1 Å². The summed E-state index contributed by atoms with van der Waals surface area (Å²) in [6.45, 7) is 1.74. The Morgan fingerprint density at radius 3 is 2.93 bits per heavy atom. The van der Waals surface area contributed by atoms with Gasteiger partial charge in [0.1, 0.15) is 6.04 Å². The Morgan fingerprint density at radius 1 is 1.43 bits per heavy atom. The first-order valence-electron chi connectivity index (χ1n) is 5.32. The third-order valence-corrected chi connectivity index (χ3v) is 2.97. The molecule has 0 radical (unpaired) electrons. The van der Waals surface area contributed by atoms with E-state index in [-0.39, 0.29) is 6.04 Å². The van der Waals surface area contributed by atoms with E-state index in [1.54, 1.807) is 0 Å². The molecular weight excluding hydrogens is 180 g/mol. The summed E-state index contributed by atoms with van der Waals surface area (Å²) in [5.74, 6) is 0.330. The van der Waals surface area contributed by atoms with Crippen molar-refractivity contribution in [2.45, 2.75) is 38.1 Å². The highest BCUT2D eigenvalue weighted by molar-refractivity contribution is 5.88. The van der Waals surface area contributed by atoms with Crippen LogP contribution in [0.5, 0.6) is 0 Å². The maximum absolute atomic E-state index is 11.0. The van der Waals surface area contributed by atoms with Crippen molar-refractivity contribution in [2.24, 2.45) is 4.99 Å². The molecule has 0 aromatic rings. The average Bonchev–Trinajstić information content (AvgIpc) is 2.67. The molecule has 14 heavy (non-hydrogen) atoms. The van der Waals surface area contributed by atoms with Crippen molar-refractivity contribution in [3.05, 3.63) is 0 Å². The topological polar surface area (TPSA) is 52.9 Å².